The van der Waals surface area contributed by atoms with Crippen LogP contribution in [-0.2, 0) is 12.0 Å². The lowest BCUT2D eigenvalue weighted by molar-refractivity contribution is 0.353. The maximum atomic E-state index is 9.63. The van der Waals surface area contributed by atoms with Gasteiger partial charge in [0.15, 0.2) is 0 Å². The minimum Gasteiger partial charge on any atom is -0.497 e. The number of ether oxygens (including phenoxy) is 1. The summed E-state index contributed by atoms with van der Waals surface area (Å²) in [5, 5.41) is 13.1. The fourth-order valence-corrected chi connectivity index (χ4v) is 2.59. The number of likely N-dealkylation sites (N-methyl/N-ethyl adjacent to an activating group) is 1. The molecule has 0 aromatic heterocycles. The van der Waals surface area contributed by atoms with E-state index in [-0.39, 0.29) is 0 Å². The summed E-state index contributed by atoms with van der Waals surface area (Å²) in [6.07, 6.45) is 1.78. The number of hydrogen-bond acceptors (Lipinski definition) is 4. The zero-order valence-electron chi connectivity index (χ0n) is 11.9. The summed E-state index contributed by atoms with van der Waals surface area (Å²) >= 11 is 0. The lowest BCUT2D eigenvalue weighted by atomic mass is 9.93. The van der Waals surface area contributed by atoms with Gasteiger partial charge in [-0.05, 0) is 50.2 Å². The number of nitrogens with one attached hydrogen (secondary N) is 1. The number of aryl methyl sites for hydroxylation is 1. The van der Waals surface area contributed by atoms with Gasteiger partial charge in [-0.25, -0.2) is 0 Å². The van der Waals surface area contributed by atoms with Gasteiger partial charge in [0, 0.05) is 13.1 Å². The number of nitrogens with zero attached hydrogens (tertiary/aromatic N) is 2. The fourth-order valence-electron chi connectivity index (χ4n) is 2.59. The molecule has 0 spiro atoms. The van der Waals surface area contributed by atoms with Crippen LogP contribution in [0.15, 0.2) is 18.2 Å². The van der Waals surface area contributed by atoms with E-state index in [0.717, 1.165) is 37.2 Å². The molecule has 19 heavy (non-hydrogen) atoms. The number of nitriles is 1. The van der Waals surface area contributed by atoms with E-state index in [1.165, 1.54) is 5.56 Å². The lowest BCUT2D eigenvalue weighted by Gasteiger charge is -2.25. The minimum atomic E-state index is -0.556. The largest absolute Gasteiger partial charge is 0.497 e. The average Bonchev–Trinajstić information content (AvgIpc) is 2.77. The maximum Gasteiger partial charge on any atom is 0.133 e. The standard InChI is InChI=1S/C15H21N3O/c1-18(2)9-8-17-15(11-16)7-6-12-4-5-13(19-3)10-14(12)15/h4-5,10,17H,6-9H2,1-3H3. The fraction of sp³-hybridized carbons (Fsp3) is 0.533. The summed E-state index contributed by atoms with van der Waals surface area (Å²) in [4.78, 5) is 2.11. The van der Waals surface area contributed by atoms with Gasteiger partial charge in [-0.15, -0.1) is 0 Å². The quantitative estimate of drug-likeness (QED) is 0.871. The highest BCUT2D eigenvalue weighted by atomic mass is 16.5. The smallest absolute Gasteiger partial charge is 0.133 e. The van der Waals surface area contributed by atoms with Gasteiger partial charge in [-0.2, -0.15) is 5.26 Å². The zero-order valence-corrected chi connectivity index (χ0v) is 11.9. The van der Waals surface area contributed by atoms with E-state index in [4.69, 9.17) is 4.74 Å². The van der Waals surface area contributed by atoms with Crippen LogP contribution < -0.4 is 10.1 Å². The van der Waals surface area contributed by atoms with Crippen molar-refractivity contribution in [2.45, 2.75) is 18.4 Å². The SMILES string of the molecule is COc1ccc2c(c1)C(C#N)(NCCN(C)C)CC2. The van der Waals surface area contributed by atoms with Crippen LogP contribution in [0, 0.1) is 11.3 Å². The number of fused-ring (bicyclic) bond motifs is 1. The van der Waals surface area contributed by atoms with Crippen LogP contribution in [0.5, 0.6) is 5.75 Å². The molecule has 0 radical (unpaired) electrons. The van der Waals surface area contributed by atoms with Gasteiger partial charge < -0.3 is 9.64 Å². The first-order valence-electron chi connectivity index (χ1n) is 6.60. The lowest BCUT2D eigenvalue weighted by Crippen LogP contribution is -2.42. The van der Waals surface area contributed by atoms with Crippen molar-refractivity contribution >= 4 is 0 Å². The first-order chi connectivity index (χ1) is 9.11. The highest BCUT2D eigenvalue weighted by molar-refractivity contribution is 5.47. The Hall–Kier alpha value is -1.57. The van der Waals surface area contributed by atoms with Crippen molar-refractivity contribution in [2.24, 2.45) is 0 Å². The molecule has 0 heterocycles. The number of hydrogen-bond donors (Lipinski definition) is 1. The third-order valence-electron chi connectivity index (χ3n) is 3.72. The third-order valence-corrected chi connectivity index (χ3v) is 3.72. The Balaban J connectivity index is 2.23. The van der Waals surface area contributed by atoms with Crippen LogP contribution in [0.4, 0.5) is 0 Å². The highest BCUT2D eigenvalue weighted by Crippen LogP contribution is 2.38. The number of benzene rings is 1. The molecule has 1 aromatic rings. The molecule has 102 valence electrons. The summed E-state index contributed by atoms with van der Waals surface area (Å²) in [6.45, 7) is 1.72. The van der Waals surface area contributed by atoms with Crippen LogP contribution in [-0.4, -0.2) is 39.2 Å². The predicted octanol–water partition coefficient (Wildman–Crippen LogP) is 1.51. The molecule has 0 amide bonds. The molecule has 4 nitrogen and oxygen atoms in total. The first-order valence-corrected chi connectivity index (χ1v) is 6.60. The Labute approximate surface area is 115 Å². The molecule has 1 unspecified atom stereocenters. The Morgan fingerprint density at radius 2 is 2.26 bits per heavy atom. The molecule has 4 heteroatoms. The van der Waals surface area contributed by atoms with Gasteiger partial charge in [0.25, 0.3) is 0 Å². The van der Waals surface area contributed by atoms with Gasteiger partial charge in [0.1, 0.15) is 11.3 Å². The molecule has 0 bridgehead atoms. The normalized spacial score (nSPS) is 21.2. The van der Waals surface area contributed by atoms with E-state index in [0.29, 0.717) is 0 Å². The van der Waals surface area contributed by atoms with E-state index < -0.39 is 5.54 Å². The van der Waals surface area contributed by atoms with Gasteiger partial charge in [-0.3, -0.25) is 5.32 Å². The Morgan fingerprint density at radius 3 is 2.89 bits per heavy atom. The molecular weight excluding hydrogens is 238 g/mol. The third kappa shape index (κ3) is 2.73. The van der Waals surface area contributed by atoms with Gasteiger partial charge >= 0.3 is 0 Å². The molecule has 1 aliphatic rings. The molecule has 0 saturated heterocycles. The van der Waals surface area contributed by atoms with Crippen LogP contribution in [0.3, 0.4) is 0 Å². The Bertz CT molecular complexity index is 493. The molecule has 1 atom stereocenters. The number of methoxy groups -OCH3 is 1. The van der Waals surface area contributed by atoms with Crippen molar-refractivity contribution in [3.63, 3.8) is 0 Å². The Morgan fingerprint density at radius 1 is 1.47 bits per heavy atom. The van der Waals surface area contributed by atoms with Crippen molar-refractivity contribution in [3.8, 4) is 11.8 Å². The van der Waals surface area contributed by atoms with Gasteiger partial charge in [0.2, 0.25) is 0 Å². The van der Waals surface area contributed by atoms with E-state index >= 15 is 0 Å². The Kier molecular flexibility index (Phi) is 4.08. The second-order valence-corrected chi connectivity index (χ2v) is 5.27. The van der Waals surface area contributed by atoms with Crippen molar-refractivity contribution in [3.05, 3.63) is 29.3 Å². The maximum absolute atomic E-state index is 9.63. The summed E-state index contributed by atoms with van der Waals surface area (Å²) in [5.74, 6) is 0.815. The predicted molar refractivity (Wildman–Crippen MR) is 75.2 cm³/mol. The average molecular weight is 259 g/mol. The van der Waals surface area contributed by atoms with Crippen molar-refractivity contribution in [2.75, 3.05) is 34.3 Å². The summed E-state index contributed by atoms with van der Waals surface area (Å²) < 4.78 is 5.27. The van der Waals surface area contributed by atoms with Crippen LogP contribution in [0.25, 0.3) is 0 Å². The van der Waals surface area contributed by atoms with E-state index in [2.05, 4.69) is 22.4 Å². The van der Waals surface area contributed by atoms with Crippen molar-refractivity contribution in [1.82, 2.24) is 10.2 Å². The van der Waals surface area contributed by atoms with E-state index in [1.807, 2.05) is 26.2 Å². The van der Waals surface area contributed by atoms with Gasteiger partial charge in [0.05, 0.1) is 13.2 Å². The molecule has 1 aromatic carbocycles. The topological polar surface area (TPSA) is 48.3 Å². The van der Waals surface area contributed by atoms with Crippen molar-refractivity contribution in [1.29, 1.82) is 5.26 Å². The summed E-state index contributed by atoms with van der Waals surface area (Å²) in [6, 6.07) is 8.50. The van der Waals surface area contributed by atoms with E-state index in [1.54, 1.807) is 7.11 Å². The second kappa shape index (κ2) is 5.60. The summed E-state index contributed by atoms with van der Waals surface area (Å²) in [5.41, 5.74) is 1.77. The van der Waals surface area contributed by atoms with Gasteiger partial charge in [-0.1, -0.05) is 6.07 Å². The summed E-state index contributed by atoms with van der Waals surface area (Å²) in [7, 11) is 5.73. The monoisotopic (exact) mass is 259 g/mol. The molecule has 0 fully saturated rings. The van der Waals surface area contributed by atoms with Crippen molar-refractivity contribution < 1.29 is 4.74 Å². The zero-order chi connectivity index (χ0) is 13.9. The van der Waals surface area contributed by atoms with E-state index in [9.17, 15) is 5.26 Å². The molecule has 2 rings (SSSR count). The minimum absolute atomic E-state index is 0.556. The molecule has 0 aliphatic heterocycles. The molecule has 1 N–H and O–H groups in total. The van der Waals surface area contributed by atoms with Crippen LogP contribution >= 0.6 is 0 Å². The number of rotatable bonds is 5. The van der Waals surface area contributed by atoms with Crippen LogP contribution in [0.2, 0.25) is 0 Å². The first kappa shape index (κ1) is 13.9. The molecular formula is C15H21N3O. The van der Waals surface area contributed by atoms with Crippen LogP contribution in [0.1, 0.15) is 17.5 Å². The second-order valence-electron chi connectivity index (χ2n) is 5.27. The highest BCUT2D eigenvalue weighted by Gasteiger charge is 2.38. The molecule has 0 saturated carbocycles. The molecule has 1 aliphatic carbocycles.